The molecule has 6 heteroatoms. The van der Waals surface area contributed by atoms with Gasteiger partial charge in [-0.1, -0.05) is 12.1 Å². The molecular weight excluding hydrogens is 268 g/mol. The first-order valence-corrected chi connectivity index (χ1v) is 6.03. The van der Waals surface area contributed by atoms with E-state index >= 15 is 0 Å². The molecule has 3 rings (SSSR count). The largest absolute Gasteiger partial charge is 0.477 e. The van der Waals surface area contributed by atoms with Crippen LogP contribution in [0.3, 0.4) is 0 Å². The second kappa shape index (κ2) is 4.95. The zero-order valence-corrected chi connectivity index (χ0v) is 10.8. The van der Waals surface area contributed by atoms with E-state index in [2.05, 4.69) is 21.2 Å². The Bertz CT molecular complexity index is 831. The number of carbonyl (C=O) groups is 1. The molecular formula is C15H8N4O2. The van der Waals surface area contributed by atoms with E-state index in [4.69, 9.17) is 16.4 Å². The predicted octanol–water partition coefficient (Wildman–Crippen LogP) is 1.33. The van der Waals surface area contributed by atoms with E-state index in [1.165, 1.54) is 0 Å². The number of terminal acetylenes is 1. The standard InChI is InChI=1S/C15H8N4O2/c1-2-11-13-15(18-12(20)8-21-13)19-14(17-11)10-5-3-4-9(6-10)7-16/h1,3-6H,8H2,(H,17,18,19,20). The summed E-state index contributed by atoms with van der Waals surface area (Å²) < 4.78 is 5.26. The molecule has 1 aromatic carbocycles. The highest BCUT2D eigenvalue weighted by Crippen LogP contribution is 2.31. The van der Waals surface area contributed by atoms with E-state index < -0.39 is 0 Å². The summed E-state index contributed by atoms with van der Waals surface area (Å²) in [6.45, 7) is -0.117. The number of nitriles is 1. The van der Waals surface area contributed by atoms with Crippen LogP contribution in [0.5, 0.6) is 5.75 Å². The molecule has 0 fully saturated rings. The minimum atomic E-state index is -0.305. The monoisotopic (exact) mass is 276 g/mol. The van der Waals surface area contributed by atoms with Gasteiger partial charge in [-0.2, -0.15) is 5.26 Å². The number of hydrogen-bond donors (Lipinski definition) is 1. The van der Waals surface area contributed by atoms with Crippen LogP contribution in [0.25, 0.3) is 11.4 Å². The van der Waals surface area contributed by atoms with Gasteiger partial charge in [0.2, 0.25) is 0 Å². The molecule has 1 amide bonds. The molecule has 0 aliphatic carbocycles. The topological polar surface area (TPSA) is 87.9 Å². The molecule has 100 valence electrons. The third-order valence-corrected chi connectivity index (χ3v) is 2.86. The normalized spacial score (nSPS) is 12.4. The fourth-order valence-electron chi connectivity index (χ4n) is 1.93. The lowest BCUT2D eigenvalue weighted by atomic mass is 10.1. The molecule has 6 nitrogen and oxygen atoms in total. The highest BCUT2D eigenvalue weighted by Gasteiger charge is 2.22. The maximum absolute atomic E-state index is 11.4. The molecule has 0 bridgehead atoms. The lowest BCUT2D eigenvalue weighted by molar-refractivity contribution is -0.118. The number of hydrogen-bond acceptors (Lipinski definition) is 5. The summed E-state index contributed by atoms with van der Waals surface area (Å²) >= 11 is 0. The van der Waals surface area contributed by atoms with Crippen LogP contribution in [0, 0.1) is 23.7 Å². The van der Waals surface area contributed by atoms with Crippen molar-refractivity contribution in [3.8, 4) is 35.6 Å². The SMILES string of the molecule is C#Cc1nc(-c2cccc(C#N)c2)nc2c1OCC(=O)N2. The Balaban J connectivity index is 2.16. The summed E-state index contributed by atoms with van der Waals surface area (Å²) in [6, 6.07) is 8.85. The zero-order valence-electron chi connectivity index (χ0n) is 10.8. The number of aromatic nitrogens is 2. The third-order valence-electron chi connectivity index (χ3n) is 2.86. The van der Waals surface area contributed by atoms with Crippen molar-refractivity contribution in [3.05, 3.63) is 35.5 Å². The highest BCUT2D eigenvalue weighted by molar-refractivity contribution is 5.95. The minimum absolute atomic E-state index is 0.117. The third kappa shape index (κ3) is 2.26. The van der Waals surface area contributed by atoms with Gasteiger partial charge in [-0.3, -0.25) is 4.79 Å². The van der Waals surface area contributed by atoms with Crippen LogP contribution in [0.2, 0.25) is 0 Å². The van der Waals surface area contributed by atoms with Crippen LogP contribution in [0.1, 0.15) is 11.3 Å². The Labute approximate surface area is 120 Å². The zero-order chi connectivity index (χ0) is 14.8. The molecule has 1 aromatic heterocycles. The molecule has 1 aliphatic heterocycles. The van der Waals surface area contributed by atoms with Gasteiger partial charge >= 0.3 is 0 Å². The van der Waals surface area contributed by atoms with Crippen molar-refractivity contribution in [1.82, 2.24) is 9.97 Å². The predicted molar refractivity (Wildman–Crippen MR) is 74.2 cm³/mol. The Morgan fingerprint density at radius 3 is 3.00 bits per heavy atom. The maximum Gasteiger partial charge on any atom is 0.263 e. The van der Waals surface area contributed by atoms with Crippen molar-refractivity contribution in [3.63, 3.8) is 0 Å². The first-order chi connectivity index (χ1) is 10.2. The van der Waals surface area contributed by atoms with Gasteiger partial charge in [-0.05, 0) is 18.1 Å². The first kappa shape index (κ1) is 12.6. The molecule has 0 spiro atoms. The summed E-state index contributed by atoms with van der Waals surface area (Å²) in [4.78, 5) is 19.9. The van der Waals surface area contributed by atoms with Gasteiger partial charge in [-0.15, -0.1) is 6.42 Å². The maximum atomic E-state index is 11.4. The number of fused-ring (bicyclic) bond motifs is 1. The number of amides is 1. The van der Waals surface area contributed by atoms with Crippen LogP contribution < -0.4 is 10.1 Å². The van der Waals surface area contributed by atoms with Gasteiger partial charge in [0.05, 0.1) is 11.6 Å². The Hall–Kier alpha value is -3.38. The van der Waals surface area contributed by atoms with Gasteiger partial charge in [0, 0.05) is 5.56 Å². The average molecular weight is 276 g/mol. The Kier molecular flexibility index (Phi) is 2.98. The average Bonchev–Trinajstić information content (AvgIpc) is 2.53. The van der Waals surface area contributed by atoms with E-state index in [1.807, 2.05) is 6.07 Å². The lowest BCUT2D eigenvalue weighted by Gasteiger charge is -2.18. The van der Waals surface area contributed by atoms with Crippen molar-refractivity contribution < 1.29 is 9.53 Å². The van der Waals surface area contributed by atoms with Crippen LogP contribution >= 0.6 is 0 Å². The second-order valence-corrected chi connectivity index (χ2v) is 4.25. The molecule has 2 aromatic rings. The molecule has 0 saturated heterocycles. The lowest BCUT2D eigenvalue weighted by Crippen LogP contribution is -2.27. The van der Waals surface area contributed by atoms with Gasteiger partial charge in [0.25, 0.3) is 5.91 Å². The number of rotatable bonds is 1. The van der Waals surface area contributed by atoms with E-state index in [0.29, 0.717) is 17.0 Å². The van der Waals surface area contributed by atoms with Crippen molar-refractivity contribution >= 4 is 11.7 Å². The molecule has 1 aliphatic rings. The number of nitrogens with one attached hydrogen (secondary N) is 1. The molecule has 1 N–H and O–H groups in total. The first-order valence-electron chi connectivity index (χ1n) is 6.03. The Morgan fingerprint density at radius 1 is 1.38 bits per heavy atom. The van der Waals surface area contributed by atoms with Crippen LogP contribution in [-0.2, 0) is 4.79 Å². The van der Waals surface area contributed by atoms with Crippen LogP contribution in [0.15, 0.2) is 24.3 Å². The molecule has 2 heterocycles. The van der Waals surface area contributed by atoms with Gasteiger partial charge in [-0.25, -0.2) is 9.97 Å². The summed E-state index contributed by atoms with van der Waals surface area (Å²) in [6.07, 6.45) is 5.43. The fourth-order valence-corrected chi connectivity index (χ4v) is 1.93. The number of carbonyl (C=O) groups excluding carboxylic acids is 1. The van der Waals surface area contributed by atoms with E-state index in [9.17, 15) is 4.79 Å². The molecule has 21 heavy (non-hydrogen) atoms. The van der Waals surface area contributed by atoms with E-state index in [0.717, 1.165) is 0 Å². The number of nitrogens with zero attached hydrogens (tertiary/aromatic N) is 3. The van der Waals surface area contributed by atoms with Gasteiger partial charge in [0.1, 0.15) is 0 Å². The van der Waals surface area contributed by atoms with Crippen molar-refractivity contribution in [2.45, 2.75) is 0 Å². The second-order valence-electron chi connectivity index (χ2n) is 4.25. The fraction of sp³-hybridized carbons (Fsp3) is 0.0667. The van der Waals surface area contributed by atoms with Crippen molar-refractivity contribution in [2.24, 2.45) is 0 Å². The summed E-state index contributed by atoms with van der Waals surface area (Å²) in [5.74, 6) is 2.97. The number of ether oxygens (including phenoxy) is 1. The minimum Gasteiger partial charge on any atom is -0.477 e. The number of benzene rings is 1. The molecule has 0 saturated carbocycles. The summed E-state index contributed by atoms with van der Waals surface area (Å²) in [5.41, 5.74) is 1.38. The van der Waals surface area contributed by atoms with Crippen molar-refractivity contribution in [2.75, 3.05) is 11.9 Å². The summed E-state index contributed by atoms with van der Waals surface area (Å²) in [5, 5.41) is 11.5. The van der Waals surface area contributed by atoms with Crippen LogP contribution in [-0.4, -0.2) is 22.5 Å². The van der Waals surface area contributed by atoms with Crippen molar-refractivity contribution in [1.29, 1.82) is 5.26 Å². The Morgan fingerprint density at radius 2 is 2.24 bits per heavy atom. The molecule has 0 atom stereocenters. The van der Waals surface area contributed by atoms with E-state index in [-0.39, 0.29) is 29.8 Å². The molecule has 0 unspecified atom stereocenters. The van der Waals surface area contributed by atoms with Gasteiger partial charge < -0.3 is 10.1 Å². The number of anilines is 1. The highest BCUT2D eigenvalue weighted by atomic mass is 16.5. The quantitative estimate of drug-likeness (QED) is 0.794. The smallest absolute Gasteiger partial charge is 0.263 e. The molecule has 0 radical (unpaired) electrons. The van der Waals surface area contributed by atoms with Crippen LogP contribution in [0.4, 0.5) is 5.82 Å². The summed E-state index contributed by atoms with van der Waals surface area (Å²) in [7, 11) is 0. The van der Waals surface area contributed by atoms with Gasteiger partial charge in [0.15, 0.2) is 29.7 Å². The van der Waals surface area contributed by atoms with E-state index in [1.54, 1.807) is 24.3 Å².